The average molecular weight is 379 g/mol. The van der Waals surface area contributed by atoms with Crippen LogP contribution in [-0.4, -0.2) is 41.0 Å². The zero-order chi connectivity index (χ0) is 19.5. The van der Waals surface area contributed by atoms with Gasteiger partial charge in [-0.15, -0.1) is 0 Å². The number of unbranched alkanes of at least 4 members (excludes halogenated alkanes) is 15. The van der Waals surface area contributed by atoms with E-state index >= 15 is 0 Å². The predicted molar refractivity (Wildman–Crippen MR) is 115 cm³/mol. The van der Waals surface area contributed by atoms with Gasteiger partial charge in [0.25, 0.3) is 0 Å². The second kappa shape index (κ2) is 21.8. The maximum atomic E-state index is 11.0. The number of hydrogen-bond acceptors (Lipinski definition) is 2. The molecule has 0 saturated carbocycles. The fourth-order valence-electron chi connectivity index (χ4n) is 3.46. The van der Waals surface area contributed by atoms with Gasteiger partial charge in [-0.25, -0.2) is 0 Å². The summed E-state index contributed by atoms with van der Waals surface area (Å²) in [6, 6.07) is 0. The Morgan fingerprint density at radius 2 is 0.963 bits per heavy atom. The minimum absolute atomic E-state index is 0. The Balaban J connectivity index is 0. The number of hydrogen-bond donors (Lipinski definition) is 2. The van der Waals surface area contributed by atoms with Crippen molar-refractivity contribution in [1.82, 2.24) is 0 Å². The molecule has 4 nitrogen and oxygen atoms in total. The Kier molecular flexibility index (Phi) is 23.2. The Morgan fingerprint density at radius 1 is 0.630 bits per heavy atom. The van der Waals surface area contributed by atoms with Gasteiger partial charge in [0.15, 0.2) is 0 Å². The van der Waals surface area contributed by atoms with Gasteiger partial charge in [-0.1, -0.05) is 110 Å². The molecule has 0 aromatic carbocycles. The third-order valence-corrected chi connectivity index (χ3v) is 5.18. The van der Waals surface area contributed by atoms with Gasteiger partial charge in [-0.05, 0) is 6.42 Å². The Morgan fingerprint density at radius 3 is 1.26 bits per heavy atom. The van der Waals surface area contributed by atoms with Crippen molar-refractivity contribution < 1.29 is 19.8 Å². The van der Waals surface area contributed by atoms with Crippen molar-refractivity contribution >= 4 is 30.8 Å². The molecule has 0 aromatic rings. The van der Waals surface area contributed by atoms with E-state index in [9.17, 15) is 9.59 Å². The second-order valence-electron chi connectivity index (χ2n) is 7.72. The van der Waals surface area contributed by atoms with Crippen LogP contribution in [0.4, 0.5) is 0 Å². The van der Waals surface area contributed by atoms with E-state index in [0.717, 1.165) is 19.3 Å². The molecular formula is C22H43LiO4. The summed E-state index contributed by atoms with van der Waals surface area (Å²) in [6.45, 7) is 2.26. The van der Waals surface area contributed by atoms with Crippen LogP contribution in [0.1, 0.15) is 122 Å². The summed E-state index contributed by atoms with van der Waals surface area (Å²) in [5, 5.41) is 17.7. The number of carbonyl (C=O) groups is 2. The summed E-state index contributed by atoms with van der Waals surface area (Å²) in [6.07, 6.45) is 20.9. The summed E-state index contributed by atoms with van der Waals surface area (Å²) < 4.78 is 0. The van der Waals surface area contributed by atoms with Gasteiger partial charge in [0, 0.05) is 0 Å². The number of carboxylic acid groups (broad SMARTS) is 2. The van der Waals surface area contributed by atoms with Gasteiger partial charge in [-0.3, -0.25) is 9.59 Å². The van der Waals surface area contributed by atoms with Crippen LogP contribution in [0, 0.1) is 5.92 Å². The first kappa shape index (κ1) is 28.7. The SMILES string of the molecule is CCCCCCCCCCCCCCCCCCC(CC(=O)O)C(=O)O.[LiH]. The third kappa shape index (κ3) is 21.7. The fourth-order valence-corrected chi connectivity index (χ4v) is 3.46. The summed E-state index contributed by atoms with van der Waals surface area (Å²) in [5.74, 6) is -2.72. The van der Waals surface area contributed by atoms with Gasteiger partial charge >= 0.3 is 30.8 Å². The van der Waals surface area contributed by atoms with Crippen LogP contribution in [0.2, 0.25) is 0 Å². The molecule has 0 aromatic heterocycles. The van der Waals surface area contributed by atoms with Crippen LogP contribution < -0.4 is 0 Å². The van der Waals surface area contributed by atoms with E-state index in [4.69, 9.17) is 10.2 Å². The van der Waals surface area contributed by atoms with Gasteiger partial charge in [0.2, 0.25) is 0 Å². The van der Waals surface area contributed by atoms with Gasteiger partial charge < -0.3 is 10.2 Å². The van der Waals surface area contributed by atoms with Crippen molar-refractivity contribution in [2.45, 2.75) is 122 Å². The van der Waals surface area contributed by atoms with Crippen molar-refractivity contribution in [3.8, 4) is 0 Å². The number of rotatable bonds is 20. The summed E-state index contributed by atoms with van der Waals surface area (Å²) in [5.41, 5.74) is 0. The van der Waals surface area contributed by atoms with E-state index in [0.29, 0.717) is 6.42 Å². The van der Waals surface area contributed by atoms with E-state index in [1.54, 1.807) is 0 Å². The molecule has 27 heavy (non-hydrogen) atoms. The average Bonchev–Trinajstić information content (AvgIpc) is 2.59. The maximum absolute atomic E-state index is 11.0. The molecule has 156 valence electrons. The Bertz CT molecular complexity index is 347. The monoisotopic (exact) mass is 378 g/mol. The van der Waals surface area contributed by atoms with Crippen LogP contribution in [0.5, 0.6) is 0 Å². The Hall–Kier alpha value is -0.463. The number of carboxylic acids is 2. The van der Waals surface area contributed by atoms with Crippen molar-refractivity contribution in [3.05, 3.63) is 0 Å². The molecule has 0 bridgehead atoms. The van der Waals surface area contributed by atoms with Crippen molar-refractivity contribution in [2.75, 3.05) is 0 Å². The molecule has 0 heterocycles. The molecule has 0 saturated heterocycles. The normalized spacial score (nSPS) is 11.7. The van der Waals surface area contributed by atoms with Crippen LogP contribution >= 0.6 is 0 Å². The molecule has 0 aliphatic carbocycles. The van der Waals surface area contributed by atoms with Crippen LogP contribution in [0.3, 0.4) is 0 Å². The molecule has 0 rings (SSSR count). The molecule has 0 aliphatic heterocycles. The quantitative estimate of drug-likeness (QED) is 0.196. The molecule has 0 fully saturated rings. The third-order valence-electron chi connectivity index (χ3n) is 5.18. The van der Waals surface area contributed by atoms with E-state index < -0.39 is 17.9 Å². The van der Waals surface area contributed by atoms with Crippen LogP contribution in [0.25, 0.3) is 0 Å². The molecular weight excluding hydrogens is 335 g/mol. The first-order valence-corrected chi connectivity index (χ1v) is 11.0. The number of aliphatic carboxylic acids is 2. The van der Waals surface area contributed by atoms with Gasteiger partial charge in [0.05, 0.1) is 12.3 Å². The molecule has 5 heteroatoms. The summed E-state index contributed by atoms with van der Waals surface area (Å²) in [7, 11) is 0. The minimum atomic E-state index is -1.02. The molecule has 0 radical (unpaired) electrons. The first-order valence-electron chi connectivity index (χ1n) is 11.0. The summed E-state index contributed by atoms with van der Waals surface area (Å²) in [4.78, 5) is 21.6. The molecule has 0 spiro atoms. The topological polar surface area (TPSA) is 74.6 Å². The first-order chi connectivity index (χ1) is 12.6. The molecule has 0 aliphatic rings. The van der Waals surface area contributed by atoms with E-state index in [2.05, 4.69) is 6.92 Å². The van der Waals surface area contributed by atoms with E-state index in [1.165, 1.54) is 83.5 Å². The zero-order valence-electron chi connectivity index (χ0n) is 17.0. The van der Waals surface area contributed by atoms with Gasteiger partial charge in [0.1, 0.15) is 0 Å². The molecule has 0 amide bonds. The standard InChI is InChI=1S/C22H42O4.Li.H/c1-2-3-4-5-6-7-8-9-10-11-12-13-14-15-16-17-18-20(22(25)26)19-21(23)24;;/h20H,2-19H2,1H3,(H,23,24)(H,25,26);;. The molecule has 1 atom stereocenters. The zero-order valence-corrected chi connectivity index (χ0v) is 17.0. The van der Waals surface area contributed by atoms with Gasteiger partial charge in [-0.2, -0.15) is 0 Å². The molecule has 1 unspecified atom stereocenters. The molecule has 2 N–H and O–H groups in total. The van der Waals surface area contributed by atoms with E-state index in [1.807, 2.05) is 0 Å². The second-order valence-corrected chi connectivity index (χ2v) is 7.72. The van der Waals surface area contributed by atoms with Crippen molar-refractivity contribution in [2.24, 2.45) is 5.92 Å². The fraction of sp³-hybridized carbons (Fsp3) is 0.909. The van der Waals surface area contributed by atoms with Crippen LogP contribution in [0.15, 0.2) is 0 Å². The Labute approximate surface area is 179 Å². The van der Waals surface area contributed by atoms with Crippen molar-refractivity contribution in [1.29, 1.82) is 0 Å². The van der Waals surface area contributed by atoms with E-state index in [-0.39, 0.29) is 25.3 Å². The van der Waals surface area contributed by atoms with Crippen LogP contribution in [-0.2, 0) is 9.59 Å². The summed E-state index contributed by atoms with van der Waals surface area (Å²) >= 11 is 0. The predicted octanol–water partition coefficient (Wildman–Crippen LogP) is 6.17. The van der Waals surface area contributed by atoms with Crippen molar-refractivity contribution in [3.63, 3.8) is 0 Å².